The molecule has 3 atom stereocenters. The van der Waals surface area contributed by atoms with Crippen LogP contribution in [0.5, 0.6) is 5.75 Å². The molecule has 2 fully saturated rings. The molecule has 0 aliphatic heterocycles. The van der Waals surface area contributed by atoms with E-state index in [4.69, 9.17) is 0 Å². The van der Waals surface area contributed by atoms with E-state index in [0.717, 1.165) is 11.6 Å². The smallest absolute Gasteiger partial charge is 0.115 e. The first-order chi connectivity index (χ1) is 8.43. The molecular formula is C16H23NO. The molecule has 2 heteroatoms. The normalized spacial score (nSPS) is 36.8. The average molecular weight is 245 g/mol. The molecule has 2 N–H and O–H groups in total. The van der Waals surface area contributed by atoms with Crippen molar-refractivity contribution >= 4 is 5.69 Å². The third-order valence-electron chi connectivity index (χ3n) is 6.00. The third-order valence-corrected chi connectivity index (χ3v) is 6.00. The van der Waals surface area contributed by atoms with E-state index in [1.165, 1.54) is 19.3 Å². The Bertz CT molecular complexity index is 451. The van der Waals surface area contributed by atoms with Crippen molar-refractivity contribution in [1.82, 2.24) is 0 Å². The topological polar surface area (TPSA) is 32.3 Å². The van der Waals surface area contributed by atoms with Crippen LogP contribution in [-0.4, -0.2) is 11.1 Å². The number of rotatable bonds is 2. The largest absolute Gasteiger partial charge is 0.508 e. The Morgan fingerprint density at radius 3 is 2.33 bits per heavy atom. The molecule has 98 valence electrons. The minimum atomic E-state index is 0.333. The standard InChI is InChI=1S/C16H23NO/c1-15(2)11-8-9-16(15,3)14(10-11)17-12-4-6-13(18)7-5-12/h4-7,11,14,17-18H,8-10H2,1-3H3. The van der Waals surface area contributed by atoms with Crippen LogP contribution in [0.25, 0.3) is 0 Å². The summed E-state index contributed by atoms with van der Waals surface area (Å²) in [5.74, 6) is 1.19. The van der Waals surface area contributed by atoms with Gasteiger partial charge in [0.05, 0.1) is 0 Å². The lowest BCUT2D eigenvalue weighted by molar-refractivity contribution is 0.142. The fourth-order valence-corrected chi connectivity index (χ4v) is 4.18. The van der Waals surface area contributed by atoms with Crippen molar-refractivity contribution in [2.75, 3.05) is 5.32 Å². The summed E-state index contributed by atoms with van der Waals surface area (Å²) < 4.78 is 0. The Hall–Kier alpha value is -1.18. The maximum Gasteiger partial charge on any atom is 0.115 e. The maximum absolute atomic E-state index is 9.33. The average Bonchev–Trinajstić information content (AvgIpc) is 2.65. The van der Waals surface area contributed by atoms with Gasteiger partial charge in [-0.3, -0.25) is 0 Å². The summed E-state index contributed by atoms with van der Waals surface area (Å²) in [6, 6.07) is 8.01. The summed E-state index contributed by atoms with van der Waals surface area (Å²) in [4.78, 5) is 0. The van der Waals surface area contributed by atoms with Gasteiger partial charge in [-0.1, -0.05) is 20.8 Å². The second kappa shape index (κ2) is 3.66. The lowest BCUT2D eigenvalue weighted by Crippen LogP contribution is -2.40. The highest BCUT2D eigenvalue weighted by Crippen LogP contribution is 2.65. The fraction of sp³-hybridized carbons (Fsp3) is 0.625. The molecule has 2 bridgehead atoms. The van der Waals surface area contributed by atoms with Crippen molar-refractivity contribution in [2.24, 2.45) is 16.7 Å². The van der Waals surface area contributed by atoms with Crippen LogP contribution in [0.3, 0.4) is 0 Å². The van der Waals surface area contributed by atoms with Crippen molar-refractivity contribution < 1.29 is 5.11 Å². The maximum atomic E-state index is 9.33. The van der Waals surface area contributed by atoms with Gasteiger partial charge in [0.15, 0.2) is 0 Å². The zero-order valence-electron chi connectivity index (χ0n) is 11.5. The Labute approximate surface area is 109 Å². The van der Waals surface area contributed by atoms with Gasteiger partial charge in [-0.15, -0.1) is 0 Å². The van der Waals surface area contributed by atoms with E-state index < -0.39 is 0 Å². The lowest BCUT2D eigenvalue weighted by Gasteiger charge is -2.40. The van der Waals surface area contributed by atoms with Crippen LogP contribution in [0, 0.1) is 16.7 Å². The highest BCUT2D eigenvalue weighted by molar-refractivity contribution is 5.48. The fourth-order valence-electron chi connectivity index (χ4n) is 4.18. The van der Waals surface area contributed by atoms with Crippen LogP contribution in [0.1, 0.15) is 40.0 Å². The molecule has 2 aliphatic carbocycles. The monoisotopic (exact) mass is 245 g/mol. The van der Waals surface area contributed by atoms with Crippen LogP contribution in [0.4, 0.5) is 5.69 Å². The number of anilines is 1. The molecule has 2 nitrogen and oxygen atoms in total. The minimum absolute atomic E-state index is 0.333. The number of nitrogens with one attached hydrogen (secondary N) is 1. The number of phenolic OH excluding ortho intramolecular Hbond substituents is 1. The van der Waals surface area contributed by atoms with Gasteiger partial charge in [0.2, 0.25) is 0 Å². The predicted molar refractivity (Wildman–Crippen MR) is 74.7 cm³/mol. The first-order valence-electron chi connectivity index (χ1n) is 6.99. The lowest BCUT2D eigenvalue weighted by atomic mass is 9.69. The Morgan fingerprint density at radius 2 is 1.83 bits per heavy atom. The molecule has 0 spiro atoms. The van der Waals surface area contributed by atoms with Crippen molar-refractivity contribution in [3.8, 4) is 5.75 Å². The highest BCUT2D eigenvalue weighted by atomic mass is 16.3. The molecule has 2 aliphatic rings. The van der Waals surface area contributed by atoms with Gasteiger partial charge in [0.1, 0.15) is 5.75 Å². The predicted octanol–water partition coefficient (Wildman–Crippen LogP) is 4.02. The van der Waals surface area contributed by atoms with Gasteiger partial charge >= 0.3 is 0 Å². The number of aromatic hydroxyl groups is 1. The molecule has 1 aromatic carbocycles. The first-order valence-corrected chi connectivity index (χ1v) is 6.99. The summed E-state index contributed by atoms with van der Waals surface area (Å²) in [6.45, 7) is 7.31. The molecule has 3 unspecified atom stereocenters. The number of benzene rings is 1. The highest BCUT2D eigenvalue weighted by Gasteiger charge is 2.61. The molecule has 18 heavy (non-hydrogen) atoms. The molecule has 0 aromatic heterocycles. The van der Waals surface area contributed by atoms with E-state index in [0.29, 0.717) is 22.6 Å². The SMILES string of the molecule is CC1(C)C2CCC1(C)C(Nc1ccc(O)cc1)C2. The number of hydrogen-bond donors (Lipinski definition) is 2. The van der Waals surface area contributed by atoms with Crippen molar-refractivity contribution in [1.29, 1.82) is 0 Å². The molecule has 3 rings (SSSR count). The van der Waals surface area contributed by atoms with E-state index in [9.17, 15) is 5.11 Å². The van der Waals surface area contributed by atoms with Crippen molar-refractivity contribution in [2.45, 2.75) is 46.1 Å². The molecule has 2 saturated carbocycles. The summed E-state index contributed by atoms with van der Waals surface area (Å²) in [5.41, 5.74) is 1.97. The van der Waals surface area contributed by atoms with Crippen LogP contribution >= 0.6 is 0 Å². The molecular weight excluding hydrogens is 222 g/mol. The molecule has 0 saturated heterocycles. The molecule has 0 amide bonds. The van der Waals surface area contributed by atoms with E-state index in [-0.39, 0.29) is 0 Å². The number of hydrogen-bond acceptors (Lipinski definition) is 2. The minimum Gasteiger partial charge on any atom is -0.508 e. The molecule has 0 radical (unpaired) electrons. The van der Waals surface area contributed by atoms with Crippen molar-refractivity contribution in [3.05, 3.63) is 24.3 Å². The second-order valence-electron chi connectivity index (χ2n) is 6.85. The van der Waals surface area contributed by atoms with Gasteiger partial charge in [0, 0.05) is 11.7 Å². The van der Waals surface area contributed by atoms with Crippen LogP contribution < -0.4 is 5.32 Å². The first kappa shape index (κ1) is 11.9. The zero-order valence-corrected chi connectivity index (χ0v) is 11.5. The zero-order chi connectivity index (χ0) is 13.0. The van der Waals surface area contributed by atoms with Gasteiger partial charge < -0.3 is 10.4 Å². The van der Waals surface area contributed by atoms with Gasteiger partial charge in [-0.2, -0.15) is 0 Å². The molecule has 0 heterocycles. The Kier molecular flexibility index (Phi) is 2.42. The van der Waals surface area contributed by atoms with Crippen molar-refractivity contribution in [3.63, 3.8) is 0 Å². The van der Waals surface area contributed by atoms with Crippen LogP contribution in [0.2, 0.25) is 0 Å². The van der Waals surface area contributed by atoms with E-state index in [1.54, 1.807) is 12.1 Å². The summed E-state index contributed by atoms with van der Waals surface area (Å²) in [5, 5.41) is 13.0. The second-order valence-corrected chi connectivity index (χ2v) is 6.85. The van der Waals surface area contributed by atoms with E-state index >= 15 is 0 Å². The molecule has 1 aromatic rings. The van der Waals surface area contributed by atoms with Gasteiger partial charge in [-0.05, 0) is 60.3 Å². The van der Waals surface area contributed by atoms with E-state index in [1.807, 2.05) is 12.1 Å². The van der Waals surface area contributed by atoms with E-state index in [2.05, 4.69) is 26.1 Å². The summed E-state index contributed by atoms with van der Waals surface area (Å²) >= 11 is 0. The summed E-state index contributed by atoms with van der Waals surface area (Å²) in [6.07, 6.45) is 4.00. The Balaban J connectivity index is 1.81. The number of phenols is 1. The summed E-state index contributed by atoms with van der Waals surface area (Å²) in [7, 11) is 0. The van der Waals surface area contributed by atoms with Gasteiger partial charge in [0.25, 0.3) is 0 Å². The third kappa shape index (κ3) is 1.47. The van der Waals surface area contributed by atoms with Crippen LogP contribution in [0.15, 0.2) is 24.3 Å². The Morgan fingerprint density at radius 1 is 1.17 bits per heavy atom. The number of fused-ring (bicyclic) bond motifs is 2. The van der Waals surface area contributed by atoms with Gasteiger partial charge in [-0.25, -0.2) is 0 Å². The van der Waals surface area contributed by atoms with Crippen LogP contribution in [-0.2, 0) is 0 Å². The quantitative estimate of drug-likeness (QED) is 0.771.